The molecule has 0 bridgehead atoms. The number of anilines is 1. The molecule has 0 aromatic heterocycles. The van der Waals surface area contributed by atoms with E-state index >= 15 is 0 Å². The number of esters is 1. The summed E-state index contributed by atoms with van der Waals surface area (Å²) in [5, 5.41) is 0. The van der Waals surface area contributed by atoms with Crippen molar-refractivity contribution in [3.63, 3.8) is 0 Å². The first-order valence-corrected chi connectivity index (χ1v) is 9.56. The van der Waals surface area contributed by atoms with Crippen molar-refractivity contribution < 1.29 is 23.9 Å². The van der Waals surface area contributed by atoms with Crippen LogP contribution in [-0.2, 0) is 14.3 Å². The van der Waals surface area contributed by atoms with Gasteiger partial charge in [0.15, 0.2) is 6.10 Å². The van der Waals surface area contributed by atoms with Gasteiger partial charge >= 0.3 is 5.97 Å². The molecule has 1 fully saturated rings. The molecule has 6 nitrogen and oxygen atoms in total. The topological polar surface area (TPSA) is 72.9 Å². The van der Waals surface area contributed by atoms with Crippen LogP contribution in [0.15, 0.2) is 42.5 Å². The highest BCUT2D eigenvalue weighted by Crippen LogP contribution is 2.29. The number of ether oxygens (including phenoxy) is 2. The summed E-state index contributed by atoms with van der Waals surface area (Å²) < 4.78 is 10.5. The van der Waals surface area contributed by atoms with E-state index in [1.54, 1.807) is 43.2 Å². The van der Waals surface area contributed by atoms with Gasteiger partial charge in [0.2, 0.25) is 11.7 Å². The molecule has 1 saturated heterocycles. The number of Topliss-reactive ketones (excluding diaryl/α,β-unsaturated/α-hetero) is 1. The summed E-state index contributed by atoms with van der Waals surface area (Å²) in [4.78, 5) is 39.2. The molecule has 2 aromatic rings. The van der Waals surface area contributed by atoms with Crippen molar-refractivity contribution in [1.82, 2.24) is 0 Å². The molecule has 1 amide bonds. The zero-order chi connectivity index (χ0) is 21.1. The van der Waals surface area contributed by atoms with Gasteiger partial charge in [-0.2, -0.15) is 0 Å². The minimum atomic E-state index is -0.929. The number of aryl methyl sites for hydroxylation is 2. The Kier molecular flexibility index (Phi) is 6.01. The minimum absolute atomic E-state index is 0.0790. The molecule has 1 aliphatic heterocycles. The van der Waals surface area contributed by atoms with Crippen LogP contribution in [-0.4, -0.2) is 37.4 Å². The number of hydrogen-bond donors (Lipinski definition) is 0. The first-order chi connectivity index (χ1) is 13.8. The molecule has 152 valence electrons. The van der Waals surface area contributed by atoms with Crippen LogP contribution in [0.3, 0.4) is 0 Å². The molecular formula is C23H25NO5. The Hall–Kier alpha value is -3.15. The van der Waals surface area contributed by atoms with E-state index in [-0.39, 0.29) is 24.7 Å². The first kappa shape index (κ1) is 20.6. The highest BCUT2D eigenvalue weighted by atomic mass is 16.5. The van der Waals surface area contributed by atoms with Crippen molar-refractivity contribution in [3.05, 3.63) is 59.2 Å². The summed E-state index contributed by atoms with van der Waals surface area (Å²) in [6, 6.07) is 12.5. The molecule has 0 aliphatic carbocycles. The van der Waals surface area contributed by atoms with Crippen molar-refractivity contribution in [2.75, 3.05) is 18.6 Å². The molecule has 1 heterocycles. The Morgan fingerprint density at radius 3 is 2.41 bits per heavy atom. The second-order valence-electron chi connectivity index (χ2n) is 7.37. The molecule has 2 aromatic carbocycles. The lowest BCUT2D eigenvalue weighted by atomic mass is 10.1. The normalized spacial score (nSPS) is 17.2. The predicted octanol–water partition coefficient (Wildman–Crippen LogP) is 3.48. The summed E-state index contributed by atoms with van der Waals surface area (Å²) in [7, 11) is 1.55. The Morgan fingerprint density at radius 1 is 1.10 bits per heavy atom. The monoisotopic (exact) mass is 395 g/mol. The van der Waals surface area contributed by atoms with E-state index in [4.69, 9.17) is 9.47 Å². The number of benzene rings is 2. The van der Waals surface area contributed by atoms with Gasteiger partial charge in [-0.25, -0.2) is 0 Å². The van der Waals surface area contributed by atoms with Crippen LogP contribution in [0.1, 0.15) is 34.8 Å². The largest absolute Gasteiger partial charge is 0.497 e. The molecule has 0 radical (unpaired) electrons. The number of ketones is 1. The maximum atomic E-state index is 12.6. The summed E-state index contributed by atoms with van der Waals surface area (Å²) >= 11 is 0. The van der Waals surface area contributed by atoms with E-state index in [1.807, 2.05) is 32.0 Å². The Morgan fingerprint density at radius 2 is 1.79 bits per heavy atom. The summed E-state index contributed by atoms with van der Waals surface area (Å²) in [6.07, 6.45) is -0.851. The summed E-state index contributed by atoms with van der Waals surface area (Å²) in [5.74, 6) is -0.888. The average Bonchev–Trinajstić information content (AvgIpc) is 3.09. The number of carbonyl (C=O) groups is 3. The van der Waals surface area contributed by atoms with E-state index in [0.717, 1.165) is 16.8 Å². The van der Waals surface area contributed by atoms with Crippen molar-refractivity contribution in [2.45, 2.75) is 33.3 Å². The standard InChI is InChI=1S/C23H25NO5/c1-14-5-10-20(15(2)11-14)24-13-18(12-21(24)25)23(27)29-16(3)22(26)17-6-8-19(28-4)9-7-17/h5-11,16,18H,12-13H2,1-4H3/t16-,18-/m1/s1. The summed E-state index contributed by atoms with van der Waals surface area (Å²) in [6.45, 7) is 5.73. The molecular weight excluding hydrogens is 370 g/mol. The fraction of sp³-hybridized carbons (Fsp3) is 0.348. The SMILES string of the molecule is COc1ccc(C(=O)[C@@H](C)OC(=O)[C@@H]2CC(=O)N(c3ccc(C)cc3C)C2)cc1. The third-order valence-corrected chi connectivity index (χ3v) is 5.14. The number of carbonyl (C=O) groups excluding carboxylic acids is 3. The predicted molar refractivity (Wildman–Crippen MR) is 109 cm³/mol. The maximum Gasteiger partial charge on any atom is 0.312 e. The zero-order valence-corrected chi connectivity index (χ0v) is 17.1. The number of methoxy groups -OCH3 is 1. The van der Waals surface area contributed by atoms with E-state index < -0.39 is 18.0 Å². The van der Waals surface area contributed by atoms with Crippen molar-refractivity contribution >= 4 is 23.3 Å². The number of amides is 1. The van der Waals surface area contributed by atoms with Gasteiger partial charge < -0.3 is 14.4 Å². The van der Waals surface area contributed by atoms with Gasteiger partial charge in [-0.15, -0.1) is 0 Å². The molecule has 0 saturated carbocycles. The Labute approximate surface area is 170 Å². The van der Waals surface area contributed by atoms with Crippen LogP contribution in [0.25, 0.3) is 0 Å². The number of rotatable bonds is 6. The molecule has 2 atom stereocenters. The smallest absolute Gasteiger partial charge is 0.312 e. The van der Waals surface area contributed by atoms with Crippen LogP contribution in [0, 0.1) is 19.8 Å². The molecule has 6 heteroatoms. The van der Waals surface area contributed by atoms with Crippen molar-refractivity contribution in [1.29, 1.82) is 0 Å². The lowest BCUT2D eigenvalue weighted by Gasteiger charge is -2.20. The van der Waals surface area contributed by atoms with Gasteiger partial charge in [-0.1, -0.05) is 17.7 Å². The van der Waals surface area contributed by atoms with E-state index in [2.05, 4.69) is 0 Å². The molecule has 0 N–H and O–H groups in total. The quantitative estimate of drug-likeness (QED) is 0.553. The highest BCUT2D eigenvalue weighted by Gasteiger charge is 2.37. The second-order valence-corrected chi connectivity index (χ2v) is 7.37. The van der Waals surface area contributed by atoms with Crippen molar-refractivity contribution in [3.8, 4) is 5.75 Å². The molecule has 3 rings (SSSR count). The number of hydrogen-bond acceptors (Lipinski definition) is 5. The average molecular weight is 395 g/mol. The third kappa shape index (κ3) is 4.47. The highest BCUT2D eigenvalue weighted by molar-refractivity contribution is 6.02. The first-order valence-electron chi connectivity index (χ1n) is 9.56. The van der Waals surface area contributed by atoms with E-state index in [0.29, 0.717) is 11.3 Å². The molecule has 29 heavy (non-hydrogen) atoms. The molecule has 0 unspecified atom stereocenters. The third-order valence-electron chi connectivity index (χ3n) is 5.14. The number of nitrogens with zero attached hydrogens (tertiary/aromatic N) is 1. The maximum absolute atomic E-state index is 12.6. The van der Waals surface area contributed by atoms with E-state index in [9.17, 15) is 14.4 Å². The van der Waals surface area contributed by atoms with Gasteiger partial charge in [0.05, 0.1) is 13.0 Å². The van der Waals surface area contributed by atoms with Gasteiger partial charge in [-0.3, -0.25) is 14.4 Å². The second kappa shape index (κ2) is 8.47. The lowest BCUT2D eigenvalue weighted by molar-refractivity contribution is -0.151. The Bertz CT molecular complexity index is 935. The summed E-state index contributed by atoms with van der Waals surface area (Å²) in [5.41, 5.74) is 3.33. The fourth-order valence-electron chi connectivity index (χ4n) is 3.52. The van der Waals surface area contributed by atoms with Crippen LogP contribution >= 0.6 is 0 Å². The van der Waals surface area contributed by atoms with Crippen LogP contribution < -0.4 is 9.64 Å². The van der Waals surface area contributed by atoms with Crippen molar-refractivity contribution in [2.24, 2.45) is 5.92 Å². The fourth-order valence-corrected chi connectivity index (χ4v) is 3.52. The lowest BCUT2D eigenvalue weighted by Crippen LogP contribution is -2.30. The van der Waals surface area contributed by atoms with E-state index in [1.165, 1.54) is 0 Å². The van der Waals surface area contributed by atoms with Gasteiger partial charge in [0.25, 0.3) is 0 Å². The van der Waals surface area contributed by atoms with Crippen LogP contribution in [0.4, 0.5) is 5.69 Å². The van der Waals surface area contributed by atoms with Gasteiger partial charge in [-0.05, 0) is 56.7 Å². The molecule has 0 spiro atoms. The van der Waals surface area contributed by atoms with Crippen LogP contribution in [0.2, 0.25) is 0 Å². The van der Waals surface area contributed by atoms with Crippen LogP contribution in [0.5, 0.6) is 5.75 Å². The van der Waals surface area contributed by atoms with Gasteiger partial charge in [0, 0.05) is 24.2 Å². The molecule has 1 aliphatic rings. The van der Waals surface area contributed by atoms with Gasteiger partial charge in [0.1, 0.15) is 5.75 Å². The minimum Gasteiger partial charge on any atom is -0.497 e. The Balaban J connectivity index is 1.64. The zero-order valence-electron chi connectivity index (χ0n) is 17.1.